The minimum atomic E-state index is -3.80. The monoisotopic (exact) mass is 567 g/mol. The summed E-state index contributed by atoms with van der Waals surface area (Å²) < 4.78 is 29.2. The van der Waals surface area contributed by atoms with Crippen molar-refractivity contribution in [2.24, 2.45) is 5.92 Å². The summed E-state index contributed by atoms with van der Waals surface area (Å²) in [5.74, 6) is 0.467. The number of aromatic nitrogens is 3. The van der Waals surface area contributed by atoms with Crippen LogP contribution in [0.25, 0.3) is 0 Å². The molecule has 0 radical (unpaired) electrons. The first kappa shape index (κ1) is 29.7. The second kappa shape index (κ2) is 12.8. The van der Waals surface area contributed by atoms with Crippen molar-refractivity contribution in [1.29, 1.82) is 0 Å². The molecule has 0 spiro atoms. The average Bonchev–Trinajstić information content (AvgIpc) is 3.53. The van der Waals surface area contributed by atoms with E-state index in [9.17, 15) is 22.8 Å². The van der Waals surface area contributed by atoms with Gasteiger partial charge in [0.1, 0.15) is 21.9 Å². The summed E-state index contributed by atoms with van der Waals surface area (Å²) in [5.41, 5.74) is 0. The smallest absolute Gasteiger partial charge is 0.250 e. The maximum absolute atomic E-state index is 13.1. The van der Waals surface area contributed by atoms with E-state index in [1.165, 1.54) is 15.9 Å². The molecular weight excluding hydrogens is 530 g/mol. The van der Waals surface area contributed by atoms with Gasteiger partial charge in [-0.15, -0.1) is 11.3 Å². The van der Waals surface area contributed by atoms with Crippen LogP contribution >= 0.6 is 11.3 Å². The van der Waals surface area contributed by atoms with E-state index < -0.39 is 34.6 Å². The van der Waals surface area contributed by atoms with Gasteiger partial charge in [-0.2, -0.15) is 5.10 Å². The zero-order valence-electron chi connectivity index (χ0n) is 22.5. The van der Waals surface area contributed by atoms with Gasteiger partial charge < -0.3 is 15.1 Å². The van der Waals surface area contributed by atoms with Gasteiger partial charge in [0.2, 0.25) is 17.7 Å². The summed E-state index contributed by atoms with van der Waals surface area (Å²) in [6.45, 7) is 7.91. The fourth-order valence-electron chi connectivity index (χ4n) is 4.21. The number of nitrogens with one attached hydrogen (secondary N) is 2. The van der Waals surface area contributed by atoms with E-state index >= 15 is 0 Å². The number of fused-ring (bicyclic) bond motifs is 1. The number of nitrogens with zero attached hydrogens (tertiary/aromatic N) is 5. The molecule has 12 nitrogen and oxygen atoms in total. The molecule has 1 aliphatic rings. The molecule has 210 valence electrons. The van der Waals surface area contributed by atoms with Crippen LogP contribution in [0.4, 0.5) is 0 Å². The lowest BCUT2D eigenvalue weighted by Crippen LogP contribution is -2.48. The maximum atomic E-state index is 13.1. The Labute approximate surface area is 227 Å². The Bertz CT molecular complexity index is 1230. The number of rotatable bonds is 6. The molecule has 2 aromatic heterocycles. The van der Waals surface area contributed by atoms with Crippen LogP contribution in [0.5, 0.6) is 0 Å². The second-order valence-electron chi connectivity index (χ2n) is 9.85. The zero-order chi connectivity index (χ0) is 28.0. The van der Waals surface area contributed by atoms with Crippen LogP contribution in [0, 0.1) is 12.8 Å². The van der Waals surface area contributed by atoms with Crippen molar-refractivity contribution in [3.8, 4) is 0 Å². The molecule has 0 aromatic carbocycles. The highest BCUT2D eigenvalue weighted by Crippen LogP contribution is 2.21. The molecule has 0 saturated heterocycles. The fraction of sp³-hybridized carbons (Fsp3) is 0.625. The standard InChI is InChI=1S/C24H37N7O5S2/c1-16(2)14-19-23-26-18(4)28-31(23)12-11-30(10-6-8-20(32)29(5)17(3)24(34)27-19)21(33)15-25-38(35,36)22-9-7-13-37-22/h7,9,13,16-17,19,25H,6,8,10-12,14-15H2,1-5H3,(H,27,34)/t17-,19+/m0/s1. The van der Waals surface area contributed by atoms with Crippen LogP contribution in [-0.2, 0) is 31.0 Å². The summed E-state index contributed by atoms with van der Waals surface area (Å²) in [5, 5.41) is 9.20. The summed E-state index contributed by atoms with van der Waals surface area (Å²) in [6, 6.07) is 1.98. The topological polar surface area (TPSA) is 147 Å². The fourth-order valence-corrected chi connectivity index (χ4v) is 6.22. The number of carbonyl (C=O) groups is 3. The Morgan fingerprint density at radius 2 is 2.00 bits per heavy atom. The third-order valence-electron chi connectivity index (χ3n) is 6.42. The molecule has 0 fully saturated rings. The van der Waals surface area contributed by atoms with Crippen LogP contribution < -0.4 is 10.0 Å². The van der Waals surface area contributed by atoms with Crippen molar-refractivity contribution in [2.45, 2.75) is 69.8 Å². The van der Waals surface area contributed by atoms with Gasteiger partial charge >= 0.3 is 0 Å². The third-order valence-corrected chi connectivity index (χ3v) is 9.22. The number of carbonyl (C=O) groups excluding carboxylic acids is 3. The summed E-state index contributed by atoms with van der Waals surface area (Å²) in [6.07, 6.45) is 1.11. The SMILES string of the molecule is Cc1nc2n(n1)CCN(C(=O)CNS(=O)(=O)c1cccs1)CCCC(=O)N(C)[C@@H](C)C(=O)N[C@@H]2CC(C)C. The Balaban J connectivity index is 1.86. The van der Waals surface area contributed by atoms with Gasteiger partial charge in [-0.1, -0.05) is 19.9 Å². The average molecular weight is 568 g/mol. The highest BCUT2D eigenvalue weighted by molar-refractivity contribution is 7.91. The molecule has 0 aliphatic carbocycles. The summed E-state index contributed by atoms with van der Waals surface area (Å²) in [7, 11) is -2.21. The van der Waals surface area contributed by atoms with Crippen LogP contribution in [0.2, 0.25) is 0 Å². The Kier molecular flexibility index (Phi) is 10.0. The molecule has 14 heteroatoms. The number of hydrogen-bond acceptors (Lipinski definition) is 8. The van der Waals surface area contributed by atoms with E-state index in [1.54, 1.807) is 37.0 Å². The van der Waals surface area contributed by atoms with Crippen molar-refractivity contribution in [2.75, 3.05) is 26.7 Å². The van der Waals surface area contributed by atoms with Gasteiger partial charge in [0.25, 0.3) is 10.0 Å². The lowest BCUT2D eigenvalue weighted by atomic mass is 10.0. The predicted molar refractivity (Wildman–Crippen MR) is 143 cm³/mol. The molecular formula is C24H37N7O5S2. The van der Waals surface area contributed by atoms with Crippen molar-refractivity contribution in [3.63, 3.8) is 0 Å². The molecule has 3 heterocycles. The Hall–Kier alpha value is -2.84. The van der Waals surface area contributed by atoms with Gasteiger partial charge in [0.15, 0.2) is 0 Å². The molecule has 1 aliphatic heterocycles. The first-order valence-electron chi connectivity index (χ1n) is 12.7. The Morgan fingerprint density at radius 1 is 1.26 bits per heavy atom. The van der Waals surface area contributed by atoms with Crippen LogP contribution in [0.3, 0.4) is 0 Å². The highest BCUT2D eigenvalue weighted by Gasteiger charge is 2.29. The minimum absolute atomic E-state index is 0.134. The molecule has 2 aromatic rings. The van der Waals surface area contributed by atoms with Crippen LogP contribution in [0.1, 0.15) is 57.7 Å². The zero-order valence-corrected chi connectivity index (χ0v) is 24.1. The highest BCUT2D eigenvalue weighted by atomic mass is 32.2. The molecule has 3 rings (SSSR count). The van der Waals surface area contributed by atoms with Crippen molar-refractivity contribution in [3.05, 3.63) is 29.2 Å². The van der Waals surface area contributed by atoms with Crippen molar-refractivity contribution >= 4 is 39.1 Å². The van der Waals surface area contributed by atoms with Crippen LogP contribution in [0.15, 0.2) is 21.7 Å². The van der Waals surface area contributed by atoms with Gasteiger partial charge in [0.05, 0.1) is 19.1 Å². The summed E-state index contributed by atoms with van der Waals surface area (Å²) >= 11 is 1.07. The molecule has 0 saturated carbocycles. The number of amides is 3. The molecule has 2 atom stereocenters. The van der Waals surface area contributed by atoms with E-state index in [0.29, 0.717) is 31.0 Å². The van der Waals surface area contributed by atoms with Gasteiger partial charge in [-0.05, 0) is 44.1 Å². The number of likely N-dealkylation sites (N-methyl/N-ethyl adjacent to an activating group) is 1. The third kappa shape index (κ3) is 7.60. The molecule has 2 N–H and O–H groups in total. The summed E-state index contributed by atoms with van der Waals surface area (Å²) in [4.78, 5) is 46.5. The van der Waals surface area contributed by atoms with Crippen LogP contribution in [-0.4, -0.2) is 83.4 Å². The lowest BCUT2D eigenvalue weighted by molar-refractivity contribution is -0.139. The van der Waals surface area contributed by atoms with Crippen molar-refractivity contribution < 1.29 is 22.8 Å². The number of hydrogen-bond donors (Lipinski definition) is 2. The molecule has 3 amide bonds. The van der Waals surface area contributed by atoms with Crippen molar-refractivity contribution in [1.82, 2.24) is 34.6 Å². The molecule has 38 heavy (non-hydrogen) atoms. The van der Waals surface area contributed by atoms with E-state index in [1.807, 2.05) is 13.8 Å². The molecule has 0 bridgehead atoms. The quantitative estimate of drug-likeness (QED) is 0.535. The van der Waals surface area contributed by atoms with Gasteiger partial charge in [-0.3, -0.25) is 14.4 Å². The van der Waals surface area contributed by atoms with Gasteiger partial charge in [0, 0.05) is 26.6 Å². The lowest BCUT2D eigenvalue weighted by Gasteiger charge is -2.29. The number of aryl methyl sites for hydroxylation is 1. The minimum Gasteiger partial charge on any atom is -0.344 e. The first-order valence-corrected chi connectivity index (χ1v) is 15.0. The second-order valence-corrected chi connectivity index (χ2v) is 12.8. The number of thiophene rings is 1. The van der Waals surface area contributed by atoms with E-state index in [4.69, 9.17) is 0 Å². The normalized spacial score (nSPS) is 20.3. The van der Waals surface area contributed by atoms with Gasteiger partial charge in [-0.25, -0.2) is 22.8 Å². The first-order chi connectivity index (χ1) is 17.9. The predicted octanol–water partition coefficient (Wildman–Crippen LogP) is 1.30. The maximum Gasteiger partial charge on any atom is 0.250 e. The molecule has 0 unspecified atom stereocenters. The van der Waals surface area contributed by atoms with E-state index in [-0.39, 0.29) is 41.5 Å². The Morgan fingerprint density at radius 3 is 2.66 bits per heavy atom. The number of sulfonamides is 1. The largest absolute Gasteiger partial charge is 0.344 e. The van der Waals surface area contributed by atoms with E-state index in [2.05, 4.69) is 20.1 Å². The van der Waals surface area contributed by atoms with E-state index in [0.717, 1.165) is 11.3 Å².